The molecule has 0 amide bonds. The van der Waals surface area contributed by atoms with Gasteiger partial charge >= 0.3 is 0 Å². The Balaban J connectivity index is 0.00000300. The molecule has 12 aromatic rings. The van der Waals surface area contributed by atoms with Crippen LogP contribution < -0.4 is 90.8 Å². The predicted octanol–water partition coefficient (Wildman–Crippen LogP) is 2.30. The molecule has 16 heteroatoms. The van der Waals surface area contributed by atoms with Crippen molar-refractivity contribution in [3.05, 3.63) is 337 Å². The Bertz CT molecular complexity index is 3730. The molecule has 8 nitrogen and oxygen atoms in total. The maximum Gasteiger partial charge on any atom is 0.173 e. The molecule has 0 atom stereocenters. The Morgan fingerprint density at radius 3 is 0.546 bits per heavy atom. The van der Waals surface area contributed by atoms with E-state index >= 15 is 0 Å². The summed E-state index contributed by atoms with van der Waals surface area (Å²) in [7, 11) is 0. The molecule has 4 heterocycles. The molecule has 12 rings (SSSR count). The number of pyridine rings is 4. The van der Waals surface area contributed by atoms with Crippen LogP contribution in [0.3, 0.4) is 0 Å². The van der Waals surface area contributed by atoms with Gasteiger partial charge in [-0.2, -0.15) is 0 Å². The number of thioether (sulfide) groups is 4. The van der Waals surface area contributed by atoms with Crippen molar-refractivity contribution < 1.29 is 67.9 Å². The normalized spacial score (nSPS) is 11.0. The van der Waals surface area contributed by atoms with Crippen molar-refractivity contribution in [3.8, 4) is 44.5 Å². The third-order valence-corrected chi connectivity index (χ3v) is 21.1. The molecule has 8 aromatic carbocycles. The van der Waals surface area contributed by atoms with Crippen molar-refractivity contribution in [2.24, 2.45) is 22.9 Å². The SMILES string of the molecule is NCCSc1ccc(-c2cc[n+](Cc3ccc(C(c4ccc(C[n+]5ccc(-c6ccc(SCCN)cc6)cc5)cc4)(c4ccc(C[n+]5ccc(-c6ccc(SCCN)cc6)cc5)cc4)c4ccc(C[n+]5ccc(-c6ccc(SCCN)cc6)cc5)cc4)cc3)cc2)cc1.[Cl-].[Cl-].[Cl-].[Cl-]. The largest absolute Gasteiger partial charge is 1.00 e. The van der Waals surface area contributed by atoms with E-state index in [-0.39, 0.29) is 49.6 Å². The minimum absolute atomic E-state index is 0. The summed E-state index contributed by atoms with van der Waals surface area (Å²) in [5.41, 5.74) is 41.6. The average molecular weight is 1440 g/mol. The highest BCUT2D eigenvalue weighted by molar-refractivity contribution is 8.00. The van der Waals surface area contributed by atoms with E-state index in [0.717, 1.165) is 49.2 Å². The van der Waals surface area contributed by atoms with Crippen molar-refractivity contribution in [2.75, 3.05) is 49.2 Å². The number of nitrogens with two attached hydrogens (primary N) is 4. The number of aromatic nitrogens is 4. The van der Waals surface area contributed by atoms with E-state index in [1.165, 1.54) is 109 Å². The second-order valence-corrected chi connectivity index (χ2v) is 27.9. The van der Waals surface area contributed by atoms with Gasteiger partial charge in [0, 0.05) is 140 Å². The number of hydrogen-bond donors (Lipinski definition) is 4. The number of nitrogens with zero attached hydrogens (tertiary/aromatic N) is 4. The fraction of sp³-hybridized carbons (Fsp3) is 0.160. The molecule has 97 heavy (non-hydrogen) atoms. The Morgan fingerprint density at radius 2 is 0.381 bits per heavy atom. The first-order valence-corrected chi connectivity index (χ1v) is 35.8. The van der Waals surface area contributed by atoms with Crippen LogP contribution in [0, 0.1) is 0 Å². The molecule has 0 saturated heterocycles. The molecule has 0 radical (unpaired) electrons. The summed E-state index contributed by atoms with van der Waals surface area (Å²) in [4.78, 5) is 4.96. The zero-order valence-corrected chi connectivity index (χ0v) is 60.2. The summed E-state index contributed by atoms with van der Waals surface area (Å²) < 4.78 is 9.06. The monoisotopic (exact) mass is 1430 g/mol. The topological polar surface area (TPSA) is 120 Å². The zero-order valence-electron chi connectivity index (χ0n) is 53.9. The third-order valence-electron chi connectivity index (χ3n) is 16.9. The second kappa shape index (κ2) is 37.6. The molecule has 0 saturated carbocycles. The number of hydrogen-bond acceptors (Lipinski definition) is 8. The maximum atomic E-state index is 5.78. The summed E-state index contributed by atoms with van der Waals surface area (Å²) in [5, 5.41) is 0. The van der Waals surface area contributed by atoms with Crippen molar-refractivity contribution in [2.45, 2.75) is 51.2 Å². The van der Waals surface area contributed by atoms with Gasteiger partial charge in [0.15, 0.2) is 75.8 Å². The van der Waals surface area contributed by atoms with Crippen LogP contribution in [0.4, 0.5) is 0 Å². The Hall–Kier alpha value is -7.24. The quantitative estimate of drug-likeness (QED) is 0.0336. The van der Waals surface area contributed by atoms with Gasteiger partial charge < -0.3 is 72.6 Å². The van der Waals surface area contributed by atoms with Crippen molar-refractivity contribution >= 4 is 47.0 Å². The lowest BCUT2D eigenvalue weighted by Crippen LogP contribution is -3.00. The summed E-state index contributed by atoms with van der Waals surface area (Å²) >= 11 is 7.17. The highest BCUT2D eigenvalue weighted by atomic mass is 35.5. The van der Waals surface area contributed by atoms with E-state index < -0.39 is 5.41 Å². The summed E-state index contributed by atoms with van der Waals surface area (Å²) in [5.74, 6) is 3.65. The Kier molecular flexibility index (Phi) is 29.3. The van der Waals surface area contributed by atoms with Crippen LogP contribution in [-0.2, 0) is 31.6 Å². The van der Waals surface area contributed by atoms with Crippen molar-refractivity contribution in [3.63, 3.8) is 0 Å². The van der Waals surface area contributed by atoms with Gasteiger partial charge in [-0.25, -0.2) is 18.3 Å². The minimum atomic E-state index is -0.700. The zero-order chi connectivity index (χ0) is 63.6. The second-order valence-electron chi connectivity index (χ2n) is 23.2. The van der Waals surface area contributed by atoms with E-state index in [0.29, 0.717) is 26.2 Å². The first kappa shape index (κ1) is 75.5. The van der Waals surface area contributed by atoms with E-state index in [1.54, 1.807) is 47.0 Å². The molecule has 0 aliphatic carbocycles. The lowest BCUT2D eigenvalue weighted by Gasteiger charge is -2.37. The van der Waals surface area contributed by atoms with Gasteiger partial charge in [0.05, 0.1) is 5.41 Å². The summed E-state index contributed by atoms with van der Waals surface area (Å²) in [6.45, 7) is 5.61. The first-order chi connectivity index (χ1) is 45.8. The lowest BCUT2D eigenvalue weighted by atomic mass is 9.65. The molecular weight excluding hydrogens is 1360 g/mol. The van der Waals surface area contributed by atoms with Gasteiger partial charge in [-0.05, 0) is 115 Å². The smallest absolute Gasteiger partial charge is 0.173 e. The fourth-order valence-corrected chi connectivity index (χ4v) is 14.7. The lowest BCUT2D eigenvalue weighted by molar-refractivity contribution is -0.688. The van der Waals surface area contributed by atoms with E-state index in [2.05, 4.69) is 310 Å². The molecule has 0 fully saturated rings. The van der Waals surface area contributed by atoms with Gasteiger partial charge in [-0.1, -0.05) is 146 Å². The maximum absolute atomic E-state index is 5.78. The minimum Gasteiger partial charge on any atom is -1.00 e. The highest BCUT2D eigenvalue weighted by Gasteiger charge is 2.39. The Morgan fingerprint density at radius 1 is 0.216 bits per heavy atom. The molecule has 496 valence electrons. The van der Waals surface area contributed by atoms with E-state index in [9.17, 15) is 0 Å². The van der Waals surface area contributed by atoms with Crippen LogP contribution in [0.1, 0.15) is 44.5 Å². The van der Waals surface area contributed by atoms with Crippen LogP contribution in [0.5, 0.6) is 0 Å². The molecule has 4 aromatic heterocycles. The van der Waals surface area contributed by atoms with Crippen molar-refractivity contribution in [1.82, 2.24) is 0 Å². The molecule has 0 aliphatic heterocycles. The fourth-order valence-electron chi connectivity index (χ4n) is 12.0. The summed E-state index contributed by atoms with van der Waals surface area (Å²) in [6.07, 6.45) is 17.5. The first-order valence-electron chi connectivity index (χ1n) is 31.9. The standard InChI is InChI=1S/C81H80N8S4.4ClH/c82-41-53-90-77-25-9-65(10-26-77)69-33-45-86(46-34-69)57-61-1-17-73(18-2-61)81(74-19-3-62(4-20-74)58-87-47-35-70(36-48-87)66-11-27-78(28-12-66)91-54-42-83,75-21-5-63(6-22-75)59-88-49-37-71(38-50-88)67-13-29-79(30-14-67)92-55-43-84)76-23-7-64(8-24-76)60-89-51-39-72(40-52-89)68-15-31-80(32-16-68)93-56-44-85;;;;/h1-40,45-52H,41-44,53-60,82-85H2;4*1H/q+4;;;;/p-4. The third kappa shape index (κ3) is 19.6. The van der Waals surface area contributed by atoms with E-state index in [4.69, 9.17) is 22.9 Å². The highest BCUT2D eigenvalue weighted by Crippen LogP contribution is 2.46. The molecule has 0 unspecified atom stereocenters. The molecule has 0 bridgehead atoms. The van der Waals surface area contributed by atoms with Crippen LogP contribution in [0.2, 0.25) is 0 Å². The van der Waals surface area contributed by atoms with Gasteiger partial charge in [0.1, 0.15) is 0 Å². The van der Waals surface area contributed by atoms with Crippen molar-refractivity contribution in [1.29, 1.82) is 0 Å². The molecule has 0 aliphatic rings. The van der Waals surface area contributed by atoms with Crippen LogP contribution >= 0.6 is 47.0 Å². The predicted molar refractivity (Wildman–Crippen MR) is 389 cm³/mol. The Labute approximate surface area is 614 Å². The molecular formula is C81H80Cl4N8S4. The number of benzene rings is 8. The average Bonchev–Trinajstić information content (AvgIpc) is 0.733. The molecule has 0 spiro atoms. The molecule has 8 N–H and O–H groups in total. The summed E-state index contributed by atoms with van der Waals surface area (Å²) in [6, 6.07) is 90.3. The van der Waals surface area contributed by atoms with E-state index in [1.807, 2.05) is 0 Å². The van der Waals surface area contributed by atoms with Gasteiger partial charge in [0.25, 0.3) is 0 Å². The number of halogens is 4. The van der Waals surface area contributed by atoms with Crippen LogP contribution in [-0.4, -0.2) is 49.2 Å². The van der Waals surface area contributed by atoms with Gasteiger partial charge in [-0.15, -0.1) is 47.0 Å². The van der Waals surface area contributed by atoms with Gasteiger partial charge in [-0.3, -0.25) is 0 Å². The van der Waals surface area contributed by atoms with Gasteiger partial charge in [0.2, 0.25) is 0 Å². The van der Waals surface area contributed by atoms with Crippen LogP contribution in [0.25, 0.3) is 44.5 Å². The van der Waals surface area contributed by atoms with Crippen LogP contribution in [0.15, 0.2) is 312 Å². The number of rotatable bonds is 28.